The molecule has 2 rings (SSSR count). The maximum atomic E-state index is 10.7. The Labute approximate surface area is 181 Å². The van der Waals surface area contributed by atoms with E-state index in [1.165, 1.54) is 11.1 Å². The number of benzene rings is 2. The number of unbranched alkanes of at least 4 members (excludes halogenated alkanes) is 1. The molecule has 2 aromatic rings. The normalized spacial score (nSPS) is 13.2. The largest absolute Gasteiger partial charge is 0.508 e. The minimum absolute atomic E-state index is 0.106. The molecule has 0 amide bonds. The van der Waals surface area contributed by atoms with Gasteiger partial charge in [0.2, 0.25) is 0 Å². The maximum absolute atomic E-state index is 10.7. The lowest BCUT2D eigenvalue weighted by Crippen LogP contribution is -2.03. The lowest BCUT2D eigenvalue weighted by atomic mass is 9.93. The second-order valence-electron chi connectivity index (χ2n) is 8.41. The predicted molar refractivity (Wildman–Crippen MR) is 123 cm³/mol. The van der Waals surface area contributed by atoms with Gasteiger partial charge in [-0.05, 0) is 86.2 Å². The SMILES string of the molecule is C[C@H](CCCc1ccc(CCCCN)cc1)CC[C@H](O)c1ccc(O)c(CC=O)c1. The zero-order valence-electron chi connectivity index (χ0n) is 18.2. The van der Waals surface area contributed by atoms with Gasteiger partial charge in [-0.25, -0.2) is 0 Å². The number of rotatable bonds is 14. The van der Waals surface area contributed by atoms with E-state index >= 15 is 0 Å². The Morgan fingerprint density at radius 1 is 0.933 bits per heavy atom. The Balaban J connectivity index is 1.70. The summed E-state index contributed by atoms with van der Waals surface area (Å²) in [7, 11) is 0. The van der Waals surface area contributed by atoms with Crippen LogP contribution in [-0.4, -0.2) is 23.0 Å². The Bertz CT molecular complexity index is 757. The summed E-state index contributed by atoms with van der Waals surface area (Å²) in [5.41, 5.74) is 9.66. The van der Waals surface area contributed by atoms with Gasteiger partial charge in [-0.2, -0.15) is 0 Å². The molecule has 0 aliphatic rings. The summed E-state index contributed by atoms with van der Waals surface area (Å²) >= 11 is 0. The highest BCUT2D eigenvalue weighted by atomic mass is 16.3. The van der Waals surface area contributed by atoms with E-state index in [4.69, 9.17) is 5.73 Å². The van der Waals surface area contributed by atoms with Crippen LogP contribution in [0.5, 0.6) is 5.75 Å². The molecular formula is C26H37NO3. The van der Waals surface area contributed by atoms with Crippen LogP contribution in [0.2, 0.25) is 0 Å². The minimum Gasteiger partial charge on any atom is -0.508 e. The molecule has 0 heterocycles. The number of aromatic hydroxyl groups is 1. The van der Waals surface area contributed by atoms with Crippen molar-refractivity contribution in [1.29, 1.82) is 0 Å². The highest BCUT2D eigenvalue weighted by molar-refractivity contribution is 5.57. The first-order chi connectivity index (χ1) is 14.5. The fourth-order valence-corrected chi connectivity index (χ4v) is 3.82. The van der Waals surface area contributed by atoms with Crippen molar-refractivity contribution in [2.24, 2.45) is 11.7 Å². The zero-order valence-corrected chi connectivity index (χ0v) is 18.2. The van der Waals surface area contributed by atoms with Gasteiger partial charge in [0.1, 0.15) is 12.0 Å². The van der Waals surface area contributed by atoms with Gasteiger partial charge < -0.3 is 20.7 Å². The average molecular weight is 412 g/mol. The number of phenolic OH excluding ortho intramolecular Hbond substituents is 1. The topological polar surface area (TPSA) is 83.6 Å². The van der Waals surface area contributed by atoms with Crippen LogP contribution in [0, 0.1) is 5.92 Å². The molecule has 0 bridgehead atoms. The van der Waals surface area contributed by atoms with Crippen LogP contribution in [0.15, 0.2) is 42.5 Å². The fraction of sp³-hybridized carbons (Fsp3) is 0.500. The van der Waals surface area contributed by atoms with Crippen molar-refractivity contribution in [3.05, 3.63) is 64.7 Å². The lowest BCUT2D eigenvalue weighted by Gasteiger charge is -2.16. The Morgan fingerprint density at radius 2 is 1.60 bits per heavy atom. The van der Waals surface area contributed by atoms with E-state index in [1.807, 2.05) is 0 Å². The van der Waals surface area contributed by atoms with Crippen molar-refractivity contribution in [1.82, 2.24) is 0 Å². The number of aldehydes is 1. The van der Waals surface area contributed by atoms with Crippen molar-refractivity contribution >= 4 is 6.29 Å². The highest BCUT2D eigenvalue weighted by Gasteiger charge is 2.12. The number of nitrogens with two attached hydrogens (primary N) is 1. The molecule has 164 valence electrons. The Kier molecular flexibility index (Phi) is 10.6. The maximum Gasteiger partial charge on any atom is 0.124 e. The standard InChI is InChI=1S/C26H37NO3/c1-20(5-4-7-22-11-9-21(10-12-22)6-2-3-17-27)8-14-25(29)23-13-15-26(30)24(19-23)16-18-28/h9-13,15,18-20,25,29-30H,2-8,14,16-17,27H2,1H3/t20-,25+/m1/s1. The van der Waals surface area contributed by atoms with Gasteiger partial charge in [-0.1, -0.05) is 43.7 Å². The smallest absolute Gasteiger partial charge is 0.124 e. The molecule has 0 saturated carbocycles. The number of carbonyl (C=O) groups excluding carboxylic acids is 1. The van der Waals surface area contributed by atoms with Gasteiger partial charge in [0.25, 0.3) is 0 Å². The third kappa shape index (κ3) is 8.29. The summed E-state index contributed by atoms with van der Waals surface area (Å²) < 4.78 is 0. The van der Waals surface area contributed by atoms with Gasteiger partial charge >= 0.3 is 0 Å². The van der Waals surface area contributed by atoms with E-state index in [1.54, 1.807) is 18.2 Å². The van der Waals surface area contributed by atoms with Gasteiger partial charge in [-0.3, -0.25) is 0 Å². The van der Waals surface area contributed by atoms with Crippen molar-refractivity contribution in [3.8, 4) is 5.75 Å². The fourth-order valence-electron chi connectivity index (χ4n) is 3.82. The van der Waals surface area contributed by atoms with E-state index in [2.05, 4.69) is 31.2 Å². The number of aryl methyl sites for hydroxylation is 2. The molecule has 0 aliphatic carbocycles. The van der Waals surface area contributed by atoms with E-state index in [9.17, 15) is 15.0 Å². The molecule has 0 aromatic heterocycles. The average Bonchev–Trinajstić information content (AvgIpc) is 2.75. The van der Waals surface area contributed by atoms with E-state index < -0.39 is 6.10 Å². The van der Waals surface area contributed by atoms with E-state index in [-0.39, 0.29) is 12.2 Å². The van der Waals surface area contributed by atoms with Crippen LogP contribution >= 0.6 is 0 Å². The third-order valence-electron chi connectivity index (χ3n) is 5.83. The summed E-state index contributed by atoms with van der Waals surface area (Å²) in [4.78, 5) is 10.7. The minimum atomic E-state index is -0.565. The van der Waals surface area contributed by atoms with E-state index in [0.29, 0.717) is 17.9 Å². The summed E-state index contributed by atoms with van der Waals surface area (Å²) in [6.07, 6.45) is 8.71. The van der Waals surface area contributed by atoms with Crippen LogP contribution in [0.25, 0.3) is 0 Å². The number of hydrogen-bond acceptors (Lipinski definition) is 4. The molecule has 2 atom stereocenters. The van der Waals surface area contributed by atoms with Crippen LogP contribution in [0.3, 0.4) is 0 Å². The van der Waals surface area contributed by atoms with Crippen molar-refractivity contribution in [2.45, 2.75) is 70.8 Å². The number of carbonyl (C=O) groups is 1. The lowest BCUT2D eigenvalue weighted by molar-refractivity contribution is -0.107. The summed E-state index contributed by atoms with van der Waals surface area (Å²) in [6.45, 7) is 3.01. The number of phenols is 1. The summed E-state index contributed by atoms with van der Waals surface area (Å²) in [6, 6.07) is 14.0. The molecule has 0 fully saturated rings. The van der Waals surface area contributed by atoms with Crippen molar-refractivity contribution in [2.75, 3.05) is 6.54 Å². The predicted octanol–water partition coefficient (Wildman–Crippen LogP) is 4.89. The van der Waals surface area contributed by atoms with Crippen LogP contribution in [-0.2, 0) is 24.1 Å². The number of hydrogen-bond donors (Lipinski definition) is 3. The second kappa shape index (κ2) is 13.2. The molecule has 0 aliphatic heterocycles. The van der Waals surface area contributed by atoms with Gasteiger partial charge in [-0.15, -0.1) is 0 Å². The van der Waals surface area contributed by atoms with Crippen molar-refractivity contribution < 1.29 is 15.0 Å². The van der Waals surface area contributed by atoms with Crippen LogP contribution in [0.4, 0.5) is 0 Å². The highest BCUT2D eigenvalue weighted by Crippen LogP contribution is 2.27. The summed E-state index contributed by atoms with van der Waals surface area (Å²) in [5, 5.41) is 20.3. The van der Waals surface area contributed by atoms with Crippen molar-refractivity contribution in [3.63, 3.8) is 0 Å². The molecule has 4 nitrogen and oxygen atoms in total. The first-order valence-corrected chi connectivity index (χ1v) is 11.2. The van der Waals surface area contributed by atoms with Crippen LogP contribution in [0.1, 0.15) is 73.8 Å². The molecule has 0 radical (unpaired) electrons. The Hall–Kier alpha value is -2.17. The zero-order chi connectivity index (χ0) is 21.8. The van der Waals surface area contributed by atoms with Gasteiger partial charge in [0.05, 0.1) is 6.10 Å². The Morgan fingerprint density at radius 3 is 2.23 bits per heavy atom. The first kappa shape index (κ1) is 24.1. The summed E-state index contributed by atoms with van der Waals surface area (Å²) in [5.74, 6) is 0.650. The van der Waals surface area contributed by atoms with E-state index in [0.717, 1.165) is 63.3 Å². The number of aliphatic hydroxyl groups is 1. The second-order valence-corrected chi connectivity index (χ2v) is 8.41. The molecule has 0 unspecified atom stereocenters. The molecular weight excluding hydrogens is 374 g/mol. The molecule has 0 saturated heterocycles. The molecule has 4 heteroatoms. The molecule has 2 aromatic carbocycles. The van der Waals surface area contributed by atoms with Crippen LogP contribution < -0.4 is 5.73 Å². The number of aliphatic hydroxyl groups excluding tert-OH is 1. The molecule has 0 spiro atoms. The first-order valence-electron chi connectivity index (χ1n) is 11.2. The van der Waals surface area contributed by atoms with Gasteiger partial charge in [0.15, 0.2) is 0 Å². The quantitative estimate of drug-likeness (QED) is 0.305. The van der Waals surface area contributed by atoms with Gasteiger partial charge in [0, 0.05) is 12.0 Å². The molecule has 30 heavy (non-hydrogen) atoms. The third-order valence-corrected chi connectivity index (χ3v) is 5.83. The monoisotopic (exact) mass is 411 g/mol. The molecule has 4 N–H and O–H groups in total.